The van der Waals surface area contributed by atoms with E-state index in [9.17, 15) is 0 Å². The predicted octanol–water partition coefficient (Wildman–Crippen LogP) is 2.29. The monoisotopic (exact) mass is 269 g/mol. The maximum Gasteiger partial charge on any atom is 0.148 e. The van der Waals surface area contributed by atoms with Gasteiger partial charge in [0.1, 0.15) is 11.6 Å². The van der Waals surface area contributed by atoms with Crippen molar-refractivity contribution in [1.29, 1.82) is 0 Å². The maximum absolute atomic E-state index is 5.66. The molecule has 0 amide bonds. The lowest BCUT2D eigenvalue weighted by molar-refractivity contribution is 0.340. The Hall–Kier alpha value is -1.97. The summed E-state index contributed by atoms with van der Waals surface area (Å²) in [4.78, 5) is 7.00. The van der Waals surface area contributed by atoms with Gasteiger partial charge in [0, 0.05) is 37.6 Å². The lowest BCUT2D eigenvalue weighted by Gasteiger charge is -2.31. The summed E-state index contributed by atoms with van der Waals surface area (Å²) >= 11 is 0. The number of likely N-dealkylation sites (N-methyl/N-ethyl adjacent to an activating group) is 1. The number of ether oxygens (including phenoxy) is 1. The molecule has 3 heterocycles. The van der Waals surface area contributed by atoms with E-state index in [1.165, 1.54) is 22.2 Å². The molecule has 0 N–H and O–H groups in total. The lowest BCUT2D eigenvalue weighted by Crippen LogP contribution is -2.39. The minimum Gasteiger partial charge on any atom is -0.494 e. The highest BCUT2D eigenvalue weighted by Gasteiger charge is 2.29. The Morgan fingerprint density at radius 3 is 3.05 bits per heavy atom. The van der Waals surface area contributed by atoms with Gasteiger partial charge in [0.05, 0.1) is 12.3 Å². The molecule has 2 aromatic rings. The molecule has 0 spiro atoms. The van der Waals surface area contributed by atoms with E-state index in [4.69, 9.17) is 9.73 Å². The second-order valence-electron chi connectivity index (χ2n) is 5.47. The van der Waals surface area contributed by atoms with Crippen molar-refractivity contribution in [2.75, 3.05) is 26.7 Å². The van der Waals surface area contributed by atoms with Gasteiger partial charge in [0.25, 0.3) is 0 Å². The Labute approximate surface area is 118 Å². The molecule has 1 aromatic heterocycles. The van der Waals surface area contributed by atoms with Gasteiger partial charge in [-0.15, -0.1) is 0 Å². The molecular formula is C16H19N3O. The van der Waals surface area contributed by atoms with Crippen molar-refractivity contribution >= 4 is 16.7 Å². The summed E-state index contributed by atoms with van der Waals surface area (Å²) in [5.74, 6) is 2.13. The standard InChI is InChI=1S/C16H19N3O/c1-3-20-11-4-5-14-13(10-11)12-6-7-17-16-15(12)19(14)9-8-18(16)2/h4-5,10H,3,6-9H2,1-2H3. The van der Waals surface area contributed by atoms with Crippen LogP contribution in [-0.2, 0) is 13.0 Å². The van der Waals surface area contributed by atoms with E-state index in [-0.39, 0.29) is 0 Å². The molecule has 0 fully saturated rings. The van der Waals surface area contributed by atoms with Crippen LogP contribution in [0, 0.1) is 0 Å². The molecule has 2 aliphatic rings. The summed E-state index contributed by atoms with van der Waals surface area (Å²) in [5, 5.41) is 1.34. The first kappa shape index (κ1) is 11.8. The Kier molecular flexibility index (Phi) is 2.52. The molecule has 0 unspecified atom stereocenters. The Bertz CT molecular complexity index is 714. The minimum absolute atomic E-state index is 0.712. The smallest absolute Gasteiger partial charge is 0.148 e. The van der Waals surface area contributed by atoms with Crippen LogP contribution in [0.15, 0.2) is 23.2 Å². The van der Waals surface area contributed by atoms with E-state index in [0.717, 1.165) is 37.6 Å². The summed E-state index contributed by atoms with van der Waals surface area (Å²) in [6, 6.07) is 6.47. The molecule has 4 rings (SSSR count). The summed E-state index contributed by atoms with van der Waals surface area (Å²) in [5.41, 5.74) is 4.09. The van der Waals surface area contributed by atoms with E-state index in [1.807, 2.05) is 6.92 Å². The zero-order valence-electron chi connectivity index (χ0n) is 12.0. The van der Waals surface area contributed by atoms with E-state index in [2.05, 4.69) is 34.7 Å². The van der Waals surface area contributed by atoms with Crippen LogP contribution in [0.2, 0.25) is 0 Å². The van der Waals surface area contributed by atoms with Gasteiger partial charge in [-0.05, 0) is 37.1 Å². The van der Waals surface area contributed by atoms with Gasteiger partial charge in [0.15, 0.2) is 0 Å². The van der Waals surface area contributed by atoms with Gasteiger partial charge < -0.3 is 14.2 Å². The quantitative estimate of drug-likeness (QED) is 0.837. The van der Waals surface area contributed by atoms with Crippen LogP contribution < -0.4 is 4.74 Å². The first-order valence-corrected chi connectivity index (χ1v) is 7.33. The Morgan fingerprint density at radius 2 is 2.20 bits per heavy atom. The van der Waals surface area contributed by atoms with E-state index >= 15 is 0 Å². The largest absolute Gasteiger partial charge is 0.494 e. The Morgan fingerprint density at radius 1 is 1.30 bits per heavy atom. The van der Waals surface area contributed by atoms with Crippen molar-refractivity contribution in [3.63, 3.8) is 0 Å². The first-order chi connectivity index (χ1) is 9.79. The third-order valence-corrected chi connectivity index (χ3v) is 4.31. The fourth-order valence-corrected chi connectivity index (χ4v) is 3.41. The molecule has 0 saturated carbocycles. The molecule has 0 aliphatic carbocycles. The van der Waals surface area contributed by atoms with Crippen molar-refractivity contribution in [3.05, 3.63) is 29.5 Å². The molecule has 20 heavy (non-hydrogen) atoms. The van der Waals surface area contributed by atoms with Crippen LogP contribution in [0.25, 0.3) is 10.9 Å². The van der Waals surface area contributed by atoms with Gasteiger partial charge in [-0.2, -0.15) is 0 Å². The number of hydrogen-bond donors (Lipinski definition) is 0. The number of aromatic nitrogens is 1. The molecule has 0 saturated heterocycles. The zero-order chi connectivity index (χ0) is 13.7. The molecular weight excluding hydrogens is 250 g/mol. The molecule has 4 heteroatoms. The number of aliphatic imine (C=N–C) groups is 1. The van der Waals surface area contributed by atoms with Gasteiger partial charge in [-0.25, -0.2) is 0 Å². The first-order valence-electron chi connectivity index (χ1n) is 7.33. The van der Waals surface area contributed by atoms with Gasteiger partial charge >= 0.3 is 0 Å². The summed E-state index contributed by atoms with van der Waals surface area (Å²) < 4.78 is 8.09. The molecule has 0 radical (unpaired) electrons. The number of benzene rings is 1. The fraction of sp³-hybridized carbons (Fsp3) is 0.438. The molecule has 0 atom stereocenters. The predicted molar refractivity (Wildman–Crippen MR) is 80.8 cm³/mol. The lowest BCUT2D eigenvalue weighted by atomic mass is 10.0. The molecule has 4 nitrogen and oxygen atoms in total. The summed E-state index contributed by atoms with van der Waals surface area (Å²) in [6.07, 6.45) is 1.03. The highest BCUT2D eigenvalue weighted by Crippen LogP contribution is 2.34. The number of nitrogens with zero attached hydrogens (tertiary/aromatic N) is 3. The van der Waals surface area contributed by atoms with Crippen molar-refractivity contribution in [1.82, 2.24) is 9.47 Å². The molecule has 0 bridgehead atoms. The van der Waals surface area contributed by atoms with Crippen LogP contribution in [0.5, 0.6) is 5.75 Å². The average Bonchev–Trinajstić information content (AvgIpc) is 2.79. The molecule has 104 valence electrons. The number of hydrogen-bond acceptors (Lipinski definition) is 3. The van der Waals surface area contributed by atoms with Crippen molar-refractivity contribution in [3.8, 4) is 5.75 Å². The van der Waals surface area contributed by atoms with Gasteiger partial charge in [-0.1, -0.05) is 0 Å². The average molecular weight is 269 g/mol. The van der Waals surface area contributed by atoms with Crippen LogP contribution in [-0.4, -0.2) is 42.0 Å². The number of amidine groups is 1. The zero-order valence-corrected chi connectivity index (χ0v) is 12.0. The Balaban J connectivity index is 1.99. The van der Waals surface area contributed by atoms with Crippen LogP contribution in [0.1, 0.15) is 18.2 Å². The SMILES string of the molecule is CCOc1ccc2c(c1)c1c3n2CCN(C)C3=NCC1. The van der Waals surface area contributed by atoms with Crippen molar-refractivity contribution in [2.45, 2.75) is 19.9 Å². The van der Waals surface area contributed by atoms with E-state index < -0.39 is 0 Å². The van der Waals surface area contributed by atoms with E-state index in [1.54, 1.807) is 0 Å². The van der Waals surface area contributed by atoms with Crippen LogP contribution >= 0.6 is 0 Å². The van der Waals surface area contributed by atoms with Crippen LogP contribution in [0.4, 0.5) is 0 Å². The normalized spacial score (nSPS) is 17.1. The van der Waals surface area contributed by atoms with Gasteiger partial charge in [0.2, 0.25) is 0 Å². The third kappa shape index (κ3) is 1.51. The second-order valence-corrected chi connectivity index (χ2v) is 5.47. The van der Waals surface area contributed by atoms with E-state index in [0.29, 0.717) is 6.61 Å². The van der Waals surface area contributed by atoms with Gasteiger partial charge in [-0.3, -0.25) is 4.99 Å². The second kappa shape index (κ2) is 4.27. The summed E-state index contributed by atoms with van der Waals surface area (Å²) in [7, 11) is 2.14. The third-order valence-electron chi connectivity index (χ3n) is 4.31. The maximum atomic E-state index is 5.66. The van der Waals surface area contributed by atoms with Crippen molar-refractivity contribution in [2.24, 2.45) is 4.99 Å². The minimum atomic E-state index is 0.712. The number of rotatable bonds is 2. The van der Waals surface area contributed by atoms with Crippen LogP contribution in [0.3, 0.4) is 0 Å². The highest BCUT2D eigenvalue weighted by molar-refractivity contribution is 6.06. The topological polar surface area (TPSA) is 29.8 Å². The molecule has 2 aliphatic heterocycles. The highest BCUT2D eigenvalue weighted by atomic mass is 16.5. The molecule has 1 aromatic carbocycles. The van der Waals surface area contributed by atoms with Crippen molar-refractivity contribution < 1.29 is 4.74 Å². The fourth-order valence-electron chi connectivity index (χ4n) is 3.41. The number of fused-ring (bicyclic) bond motifs is 3. The summed E-state index contributed by atoms with van der Waals surface area (Å²) in [6.45, 7) is 5.70.